The van der Waals surface area contributed by atoms with Crippen LogP contribution in [0.3, 0.4) is 0 Å². The standard InChI is InChI=1S/3C4H9O.ClH.Cr/c3*1-2-3-4-5;;/h3*2-4H2,1H3;1H;/q3*-1;;+4/p-1. The zero-order valence-electron chi connectivity index (χ0n) is 11.4. The van der Waals surface area contributed by atoms with E-state index in [0.717, 1.165) is 58.3 Å². The molecule has 0 aromatic heterocycles. The monoisotopic (exact) mass is 306 g/mol. The summed E-state index contributed by atoms with van der Waals surface area (Å²) in [5.74, 6) is 0. The summed E-state index contributed by atoms with van der Waals surface area (Å²) in [6.07, 6.45) is 6.74. The van der Waals surface area contributed by atoms with Crippen molar-refractivity contribution in [3.63, 3.8) is 0 Å². The van der Waals surface area contributed by atoms with Crippen molar-refractivity contribution in [1.82, 2.24) is 0 Å². The molecule has 0 saturated heterocycles. The maximum atomic E-state index is 5.66. The predicted octanol–water partition coefficient (Wildman–Crippen LogP) is 0.804. The molecule has 5 heteroatoms. The van der Waals surface area contributed by atoms with Crippen LogP contribution < -0.4 is 12.4 Å². The topological polar surface area (TPSA) is 27.7 Å². The second kappa shape index (κ2) is 16.7. The molecule has 0 aromatic carbocycles. The molecule has 0 bridgehead atoms. The molecule has 0 heterocycles. The smallest absolute Gasteiger partial charge is 1.00 e. The van der Waals surface area contributed by atoms with Crippen LogP contribution in [0.2, 0.25) is 0 Å². The first kappa shape index (κ1) is 20.0. The Balaban J connectivity index is 0. The van der Waals surface area contributed by atoms with Crippen molar-refractivity contribution >= 4 is 0 Å². The van der Waals surface area contributed by atoms with Crippen LogP contribution in [0.1, 0.15) is 59.3 Å². The van der Waals surface area contributed by atoms with E-state index in [4.69, 9.17) is 11.4 Å². The Bertz CT molecular complexity index is 115. The Morgan fingerprint density at radius 1 is 0.647 bits per heavy atom. The molecule has 0 radical (unpaired) electrons. The van der Waals surface area contributed by atoms with E-state index in [1.54, 1.807) is 0 Å². The summed E-state index contributed by atoms with van der Waals surface area (Å²) >= 11 is -1.69. The average Bonchev–Trinajstić information content (AvgIpc) is 2.29. The van der Waals surface area contributed by atoms with Gasteiger partial charge in [0.1, 0.15) is 0 Å². The van der Waals surface area contributed by atoms with E-state index in [1.807, 2.05) is 0 Å². The maximum Gasteiger partial charge on any atom is -1.00 e. The van der Waals surface area contributed by atoms with Crippen molar-refractivity contribution in [2.75, 3.05) is 19.8 Å². The summed E-state index contributed by atoms with van der Waals surface area (Å²) in [7, 11) is 0. The molecule has 0 aliphatic rings. The largest absolute Gasteiger partial charge is 1.00 e. The molecule has 0 aliphatic heterocycles. The van der Waals surface area contributed by atoms with Crippen LogP contribution in [-0.2, 0) is 26.5 Å². The summed E-state index contributed by atoms with van der Waals surface area (Å²) in [6, 6.07) is 0. The van der Waals surface area contributed by atoms with Crippen LogP contribution in [0.4, 0.5) is 0 Å². The van der Waals surface area contributed by atoms with E-state index in [-0.39, 0.29) is 12.4 Å². The number of unbranched alkanes of at least 4 members (excludes halogenated alkanes) is 3. The number of rotatable bonds is 12. The molecule has 0 amide bonds. The summed E-state index contributed by atoms with van der Waals surface area (Å²) in [5, 5.41) is 0. The number of hydrogen-bond acceptors (Lipinski definition) is 3. The molecule has 0 saturated carbocycles. The van der Waals surface area contributed by atoms with Crippen LogP contribution >= 0.6 is 0 Å². The molecular formula is C12H27ClCrO3. The van der Waals surface area contributed by atoms with Crippen molar-refractivity contribution in [3.8, 4) is 0 Å². The van der Waals surface area contributed by atoms with Gasteiger partial charge >= 0.3 is 106 Å². The van der Waals surface area contributed by atoms with Gasteiger partial charge in [-0.25, -0.2) is 0 Å². The fourth-order valence-electron chi connectivity index (χ4n) is 0.916. The van der Waals surface area contributed by atoms with Gasteiger partial charge in [-0.05, 0) is 0 Å². The van der Waals surface area contributed by atoms with Crippen molar-refractivity contribution in [1.29, 1.82) is 0 Å². The summed E-state index contributed by atoms with van der Waals surface area (Å²) in [6.45, 7) is 8.81. The van der Waals surface area contributed by atoms with E-state index in [0.29, 0.717) is 0 Å². The molecule has 0 spiro atoms. The molecular weight excluding hydrogens is 280 g/mol. The zero-order chi connectivity index (χ0) is 12.1. The summed E-state index contributed by atoms with van der Waals surface area (Å²) in [4.78, 5) is 0. The molecule has 0 aromatic rings. The third-order valence-electron chi connectivity index (χ3n) is 2.03. The maximum absolute atomic E-state index is 5.66. The van der Waals surface area contributed by atoms with Crippen molar-refractivity contribution in [3.05, 3.63) is 0 Å². The quantitative estimate of drug-likeness (QED) is 0.499. The van der Waals surface area contributed by atoms with E-state index < -0.39 is 15.1 Å². The Hall–Kier alpha value is 0.702. The van der Waals surface area contributed by atoms with Gasteiger partial charge in [-0.15, -0.1) is 0 Å². The molecule has 0 rings (SSSR count). The van der Waals surface area contributed by atoms with Gasteiger partial charge in [-0.1, -0.05) is 0 Å². The predicted molar refractivity (Wildman–Crippen MR) is 62.6 cm³/mol. The summed E-state index contributed by atoms with van der Waals surface area (Å²) in [5.41, 5.74) is 0. The molecule has 3 nitrogen and oxygen atoms in total. The first-order chi connectivity index (χ1) is 7.85. The van der Waals surface area contributed by atoms with E-state index >= 15 is 0 Å². The SMILES string of the molecule is CCCC[O][Cr+]([O]CCCC)[O]CCCC.[Cl-]. The molecule has 0 atom stereocenters. The van der Waals surface area contributed by atoms with Crippen LogP contribution in [0.15, 0.2) is 0 Å². The van der Waals surface area contributed by atoms with Gasteiger partial charge in [0.25, 0.3) is 0 Å². The Morgan fingerprint density at radius 2 is 0.941 bits per heavy atom. The Labute approximate surface area is 118 Å². The van der Waals surface area contributed by atoms with E-state index in [9.17, 15) is 0 Å². The molecule has 0 unspecified atom stereocenters. The third-order valence-corrected chi connectivity index (χ3v) is 3.71. The zero-order valence-corrected chi connectivity index (χ0v) is 13.4. The number of halogens is 1. The van der Waals surface area contributed by atoms with Crippen molar-refractivity contribution < 1.29 is 38.9 Å². The third kappa shape index (κ3) is 14.6. The van der Waals surface area contributed by atoms with Crippen LogP contribution in [0.25, 0.3) is 0 Å². The molecule has 0 N–H and O–H groups in total. The van der Waals surface area contributed by atoms with Crippen molar-refractivity contribution in [2.45, 2.75) is 59.3 Å². The minimum atomic E-state index is -1.69. The minimum Gasteiger partial charge on any atom is -1.00 e. The van der Waals surface area contributed by atoms with Gasteiger partial charge in [0, 0.05) is 0 Å². The molecule has 0 fully saturated rings. The Morgan fingerprint density at radius 3 is 1.18 bits per heavy atom. The van der Waals surface area contributed by atoms with Gasteiger partial charge in [0.05, 0.1) is 0 Å². The second-order valence-electron chi connectivity index (χ2n) is 3.73. The number of hydrogen-bond donors (Lipinski definition) is 0. The average molecular weight is 307 g/mol. The molecule has 0 aliphatic carbocycles. The van der Waals surface area contributed by atoms with Gasteiger partial charge in [0.2, 0.25) is 0 Å². The first-order valence-corrected chi connectivity index (χ1v) is 8.05. The van der Waals surface area contributed by atoms with E-state index in [1.165, 1.54) is 0 Å². The van der Waals surface area contributed by atoms with Crippen molar-refractivity contribution in [2.24, 2.45) is 0 Å². The molecule has 17 heavy (non-hydrogen) atoms. The normalized spacial score (nSPS) is 10.6. The summed E-state index contributed by atoms with van der Waals surface area (Å²) < 4.78 is 17.0. The van der Waals surface area contributed by atoms with Gasteiger partial charge in [-0.3, -0.25) is 0 Å². The van der Waals surface area contributed by atoms with Crippen LogP contribution in [0.5, 0.6) is 0 Å². The van der Waals surface area contributed by atoms with Crippen LogP contribution in [-0.4, -0.2) is 19.8 Å². The molecule has 106 valence electrons. The Kier molecular flexibility index (Phi) is 19.7. The second-order valence-corrected chi connectivity index (χ2v) is 5.47. The van der Waals surface area contributed by atoms with Gasteiger partial charge in [-0.2, -0.15) is 0 Å². The van der Waals surface area contributed by atoms with Gasteiger partial charge in [0.15, 0.2) is 0 Å². The van der Waals surface area contributed by atoms with Crippen LogP contribution in [0, 0.1) is 0 Å². The van der Waals surface area contributed by atoms with E-state index in [2.05, 4.69) is 20.8 Å². The fraction of sp³-hybridized carbons (Fsp3) is 1.00. The van der Waals surface area contributed by atoms with Gasteiger partial charge < -0.3 is 12.4 Å². The minimum absolute atomic E-state index is 0. The fourth-order valence-corrected chi connectivity index (χ4v) is 2.42. The first-order valence-electron chi connectivity index (χ1n) is 6.49.